The molecule has 0 saturated carbocycles. The van der Waals surface area contributed by atoms with Gasteiger partial charge >= 0.3 is 0 Å². The van der Waals surface area contributed by atoms with E-state index in [0.717, 1.165) is 9.87 Å². The molecule has 0 aromatic heterocycles. The highest BCUT2D eigenvalue weighted by molar-refractivity contribution is 7.92. The molecular weight excluding hydrogens is 566 g/mol. The number of likely N-dealkylation sites (N-methyl/N-ethyl adjacent to an activating group) is 1. The Morgan fingerprint density at radius 2 is 1.42 bits per heavy atom. The zero-order chi connectivity index (χ0) is 30.8. The number of carbonyl (C=O) groups is 2. The number of ether oxygens (including phenoxy) is 2. The Morgan fingerprint density at radius 1 is 0.791 bits per heavy atom. The molecule has 224 valence electrons. The lowest BCUT2D eigenvalue weighted by molar-refractivity contribution is -0.139. The molecular formula is C33H35N3O6S. The van der Waals surface area contributed by atoms with Crippen molar-refractivity contribution in [3.63, 3.8) is 0 Å². The van der Waals surface area contributed by atoms with Crippen LogP contribution in [0, 0.1) is 0 Å². The molecule has 1 atom stereocenters. The van der Waals surface area contributed by atoms with Crippen molar-refractivity contribution in [2.45, 2.75) is 23.9 Å². The molecule has 4 aromatic carbocycles. The van der Waals surface area contributed by atoms with Gasteiger partial charge in [-0.05, 0) is 47.5 Å². The van der Waals surface area contributed by atoms with Crippen LogP contribution in [0.25, 0.3) is 0 Å². The first kappa shape index (κ1) is 31.1. The highest BCUT2D eigenvalue weighted by Crippen LogP contribution is 2.32. The molecule has 0 fully saturated rings. The summed E-state index contributed by atoms with van der Waals surface area (Å²) in [6, 6.07) is 30.1. The van der Waals surface area contributed by atoms with Gasteiger partial charge in [-0.15, -0.1) is 0 Å². The van der Waals surface area contributed by atoms with Crippen molar-refractivity contribution < 1.29 is 27.5 Å². The molecule has 43 heavy (non-hydrogen) atoms. The first-order chi connectivity index (χ1) is 20.8. The number of amides is 2. The zero-order valence-electron chi connectivity index (χ0n) is 24.3. The summed E-state index contributed by atoms with van der Waals surface area (Å²) in [6.07, 6.45) is 0.219. The van der Waals surface area contributed by atoms with Gasteiger partial charge in [-0.3, -0.25) is 13.9 Å². The van der Waals surface area contributed by atoms with E-state index < -0.39 is 28.5 Å². The molecule has 4 rings (SSSR count). The van der Waals surface area contributed by atoms with Crippen molar-refractivity contribution in [2.24, 2.45) is 0 Å². The normalized spacial score (nSPS) is 11.7. The third kappa shape index (κ3) is 7.52. The summed E-state index contributed by atoms with van der Waals surface area (Å²) in [5, 5.41) is 2.68. The fourth-order valence-corrected chi connectivity index (χ4v) is 6.20. The summed E-state index contributed by atoms with van der Waals surface area (Å²) in [4.78, 5) is 29.2. The van der Waals surface area contributed by atoms with Crippen LogP contribution in [0.2, 0.25) is 0 Å². The predicted molar refractivity (Wildman–Crippen MR) is 166 cm³/mol. The van der Waals surface area contributed by atoms with Crippen LogP contribution in [-0.4, -0.2) is 59.0 Å². The smallest absolute Gasteiger partial charge is 0.264 e. The van der Waals surface area contributed by atoms with E-state index in [1.807, 2.05) is 36.4 Å². The van der Waals surface area contributed by atoms with Gasteiger partial charge < -0.3 is 19.7 Å². The number of carbonyl (C=O) groups excluding carboxylic acids is 2. The summed E-state index contributed by atoms with van der Waals surface area (Å²) in [7, 11) is 0.267. The Bertz CT molecular complexity index is 1630. The minimum Gasteiger partial charge on any atom is -0.497 e. The largest absolute Gasteiger partial charge is 0.497 e. The van der Waals surface area contributed by atoms with E-state index in [4.69, 9.17) is 9.47 Å². The molecule has 4 aromatic rings. The van der Waals surface area contributed by atoms with Gasteiger partial charge in [-0.2, -0.15) is 0 Å². The lowest BCUT2D eigenvalue weighted by atomic mass is 10.0. The van der Waals surface area contributed by atoms with E-state index in [2.05, 4.69) is 5.32 Å². The third-order valence-corrected chi connectivity index (χ3v) is 8.74. The Kier molecular flexibility index (Phi) is 10.4. The van der Waals surface area contributed by atoms with Crippen molar-refractivity contribution in [2.75, 3.05) is 32.1 Å². The molecule has 0 saturated heterocycles. The third-order valence-electron chi connectivity index (χ3n) is 6.97. The van der Waals surface area contributed by atoms with Crippen LogP contribution in [0.3, 0.4) is 0 Å². The number of para-hydroxylation sites is 2. The molecule has 0 bridgehead atoms. The monoisotopic (exact) mass is 601 g/mol. The molecule has 1 N–H and O–H groups in total. The lowest BCUT2D eigenvalue weighted by Crippen LogP contribution is -2.53. The van der Waals surface area contributed by atoms with Gasteiger partial charge in [-0.1, -0.05) is 72.8 Å². The van der Waals surface area contributed by atoms with E-state index in [1.165, 1.54) is 31.2 Å². The number of hydrogen-bond donors (Lipinski definition) is 1. The maximum Gasteiger partial charge on any atom is 0.264 e. The number of anilines is 1. The molecule has 0 unspecified atom stereocenters. The summed E-state index contributed by atoms with van der Waals surface area (Å²) in [5.74, 6) is -0.0827. The molecule has 2 amide bonds. The average molecular weight is 602 g/mol. The lowest BCUT2D eigenvalue weighted by Gasteiger charge is -2.34. The fraction of sp³-hybridized carbons (Fsp3) is 0.212. The van der Waals surface area contributed by atoms with Crippen molar-refractivity contribution in [3.05, 3.63) is 120 Å². The van der Waals surface area contributed by atoms with Gasteiger partial charge in [0.15, 0.2) is 0 Å². The van der Waals surface area contributed by atoms with Crippen LogP contribution >= 0.6 is 0 Å². The molecule has 9 nitrogen and oxygen atoms in total. The van der Waals surface area contributed by atoms with Crippen molar-refractivity contribution in [1.29, 1.82) is 0 Å². The number of benzene rings is 4. The van der Waals surface area contributed by atoms with E-state index in [-0.39, 0.29) is 35.2 Å². The zero-order valence-corrected chi connectivity index (χ0v) is 25.2. The predicted octanol–water partition coefficient (Wildman–Crippen LogP) is 4.29. The summed E-state index contributed by atoms with van der Waals surface area (Å²) in [5.41, 5.74) is 1.76. The summed E-state index contributed by atoms with van der Waals surface area (Å²) in [6.45, 7) is -0.546. The van der Waals surface area contributed by atoms with E-state index in [0.29, 0.717) is 11.3 Å². The van der Waals surface area contributed by atoms with Crippen LogP contribution in [0.4, 0.5) is 5.69 Å². The topological polar surface area (TPSA) is 105 Å². The number of sulfonamides is 1. The standard InChI is InChI=1S/C33H35N3O6S/c1-34-33(38)30(22-25-13-6-4-7-14-25)35(23-26-15-12-16-27(21-26)41-2)32(37)24-36(29-19-10-11-20-31(29)42-3)43(39,40)28-17-8-5-9-18-28/h4-21,30H,22-24H2,1-3H3,(H,34,38)/t30-/m1/s1. The van der Waals surface area contributed by atoms with Crippen molar-refractivity contribution >= 4 is 27.5 Å². The van der Waals surface area contributed by atoms with Gasteiger partial charge in [0.1, 0.15) is 24.1 Å². The molecule has 0 aliphatic rings. The number of methoxy groups -OCH3 is 2. The Balaban J connectivity index is 1.81. The van der Waals surface area contributed by atoms with Crippen LogP contribution in [0.15, 0.2) is 114 Å². The van der Waals surface area contributed by atoms with E-state index >= 15 is 0 Å². The van der Waals surface area contributed by atoms with Gasteiger partial charge in [0.2, 0.25) is 11.8 Å². The second kappa shape index (κ2) is 14.4. The Hall–Kier alpha value is -4.83. The minimum atomic E-state index is -4.22. The molecule has 0 aliphatic heterocycles. The van der Waals surface area contributed by atoms with Gasteiger partial charge in [0.25, 0.3) is 10.0 Å². The average Bonchev–Trinajstić information content (AvgIpc) is 3.05. The number of rotatable bonds is 13. The molecule has 0 heterocycles. The van der Waals surface area contributed by atoms with E-state index in [1.54, 1.807) is 67.8 Å². The highest BCUT2D eigenvalue weighted by atomic mass is 32.2. The number of nitrogens with one attached hydrogen (secondary N) is 1. The second-order valence-corrected chi connectivity index (χ2v) is 11.6. The summed E-state index contributed by atoms with van der Waals surface area (Å²) < 4.78 is 40.0. The maximum absolute atomic E-state index is 14.4. The first-order valence-corrected chi connectivity index (χ1v) is 15.1. The number of hydrogen-bond acceptors (Lipinski definition) is 6. The van der Waals surface area contributed by atoms with Gasteiger partial charge in [0, 0.05) is 20.0 Å². The molecule has 0 spiro atoms. The fourth-order valence-electron chi connectivity index (χ4n) is 4.76. The number of nitrogens with zero attached hydrogens (tertiary/aromatic N) is 2. The van der Waals surface area contributed by atoms with Gasteiger partial charge in [-0.25, -0.2) is 8.42 Å². The van der Waals surface area contributed by atoms with Crippen LogP contribution in [-0.2, 0) is 32.6 Å². The summed E-state index contributed by atoms with van der Waals surface area (Å²) >= 11 is 0. The SMILES string of the molecule is CNC(=O)[C@@H](Cc1ccccc1)N(Cc1cccc(OC)c1)C(=O)CN(c1ccccc1OC)S(=O)(=O)c1ccccc1. The molecule has 0 radical (unpaired) electrons. The maximum atomic E-state index is 14.4. The van der Waals surface area contributed by atoms with Crippen molar-refractivity contribution in [1.82, 2.24) is 10.2 Å². The highest BCUT2D eigenvalue weighted by Gasteiger charge is 2.35. The Morgan fingerprint density at radius 3 is 2.07 bits per heavy atom. The van der Waals surface area contributed by atoms with Crippen molar-refractivity contribution in [3.8, 4) is 11.5 Å². The van der Waals surface area contributed by atoms with Crippen LogP contribution < -0.4 is 19.1 Å². The van der Waals surface area contributed by atoms with Gasteiger partial charge in [0.05, 0.1) is 24.8 Å². The van der Waals surface area contributed by atoms with Crippen LogP contribution in [0.1, 0.15) is 11.1 Å². The second-order valence-electron chi connectivity index (χ2n) is 9.69. The first-order valence-electron chi connectivity index (χ1n) is 13.7. The van der Waals surface area contributed by atoms with E-state index in [9.17, 15) is 18.0 Å². The minimum absolute atomic E-state index is 0.0141. The Labute approximate surface area is 252 Å². The van der Waals surface area contributed by atoms with Crippen LogP contribution in [0.5, 0.6) is 11.5 Å². The quantitative estimate of drug-likeness (QED) is 0.245. The molecule has 10 heteroatoms. The molecule has 0 aliphatic carbocycles.